The van der Waals surface area contributed by atoms with E-state index in [1.807, 2.05) is 54.6 Å². The number of aliphatic hydroxyl groups is 1. The summed E-state index contributed by atoms with van der Waals surface area (Å²) < 4.78 is 0. The standard InChI is InChI=1S/C23H25N3O2/c1-16(2)20-13-14-21(25-24-20)17-9-11-19(12-10-17)23(28)26(3)15-22(27)18-7-5-4-6-8-18/h4-14,16,22,27H,15H2,1-3H3/t22-/m0/s1. The van der Waals surface area contributed by atoms with E-state index >= 15 is 0 Å². The van der Waals surface area contributed by atoms with Gasteiger partial charge in [-0.1, -0.05) is 56.3 Å². The van der Waals surface area contributed by atoms with Crippen molar-refractivity contribution in [2.24, 2.45) is 0 Å². The molecule has 0 bridgehead atoms. The Balaban J connectivity index is 1.67. The predicted molar refractivity (Wildman–Crippen MR) is 110 cm³/mol. The van der Waals surface area contributed by atoms with Crippen molar-refractivity contribution >= 4 is 5.91 Å². The molecule has 2 aromatic carbocycles. The molecular formula is C23H25N3O2. The number of amides is 1. The zero-order chi connectivity index (χ0) is 20.1. The number of rotatable bonds is 6. The van der Waals surface area contributed by atoms with Crippen molar-refractivity contribution in [1.29, 1.82) is 0 Å². The molecule has 0 radical (unpaired) electrons. The van der Waals surface area contributed by atoms with Gasteiger partial charge in [-0.3, -0.25) is 4.79 Å². The quantitative estimate of drug-likeness (QED) is 0.705. The van der Waals surface area contributed by atoms with Gasteiger partial charge in [-0.15, -0.1) is 0 Å². The highest BCUT2D eigenvalue weighted by atomic mass is 16.3. The van der Waals surface area contributed by atoms with Crippen LogP contribution in [0.1, 0.15) is 47.5 Å². The maximum atomic E-state index is 12.7. The van der Waals surface area contributed by atoms with Crippen molar-refractivity contribution in [3.63, 3.8) is 0 Å². The van der Waals surface area contributed by atoms with Gasteiger partial charge in [0.15, 0.2) is 0 Å². The van der Waals surface area contributed by atoms with Gasteiger partial charge < -0.3 is 10.0 Å². The van der Waals surface area contributed by atoms with Crippen LogP contribution in [0, 0.1) is 0 Å². The maximum Gasteiger partial charge on any atom is 0.253 e. The molecule has 1 N–H and O–H groups in total. The highest BCUT2D eigenvalue weighted by Crippen LogP contribution is 2.20. The summed E-state index contributed by atoms with van der Waals surface area (Å²) in [6, 6.07) is 20.6. The fourth-order valence-electron chi connectivity index (χ4n) is 2.93. The summed E-state index contributed by atoms with van der Waals surface area (Å²) in [4.78, 5) is 14.2. The van der Waals surface area contributed by atoms with Crippen LogP contribution in [0.25, 0.3) is 11.3 Å². The monoisotopic (exact) mass is 375 g/mol. The van der Waals surface area contributed by atoms with E-state index in [0.29, 0.717) is 11.5 Å². The second-order valence-electron chi connectivity index (χ2n) is 7.19. The van der Waals surface area contributed by atoms with E-state index in [4.69, 9.17) is 0 Å². The second-order valence-corrected chi connectivity index (χ2v) is 7.19. The summed E-state index contributed by atoms with van der Waals surface area (Å²) >= 11 is 0. The average molecular weight is 375 g/mol. The molecule has 3 rings (SSSR count). The number of hydrogen-bond donors (Lipinski definition) is 1. The maximum absolute atomic E-state index is 12.7. The number of benzene rings is 2. The first-order valence-electron chi connectivity index (χ1n) is 9.38. The van der Waals surface area contributed by atoms with Crippen LogP contribution >= 0.6 is 0 Å². The lowest BCUT2D eigenvalue weighted by Crippen LogP contribution is -2.31. The number of carbonyl (C=O) groups excluding carboxylic acids is 1. The molecule has 0 aliphatic heterocycles. The van der Waals surface area contributed by atoms with Crippen molar-refractivity contribution in [1.82, 2.24) is 15.1 Å². The molecule has 3 aromatic rings. The zero-order valence-electron chi connectivity index (χ0n) is 16.4. The van der Waals surface area contributed by atoms with Crippen LogP contribution in [0.2, 0.25) is 0 Å². The van der Waals surface area contributed by atoms with Gasteiger partial charge in [0.25, 0.3) is 5.91 Å². The summed E-state index contributed by atoms with van der Waals surface area (Å²) in [6.45, 7) is 4.39. The van der Waals surface area contributed by atoms with Crippen LogP contribution in [0.15, 0.2) is 66.7 Å². The van der Waals surface area contributed by atoms with E-state index in [-0.39, 0.29) is 12.5 Å². The highest BCUT2D eigenvalue weighted by molar-refractivity contribution is 5.94. The van der Waals surface area contributed by atoms with Crippen molar-refractivity contribution in [2.75, 3.05) is 13.6 Å². The van der Waals surface area contributed by atoms with E-state index < -0.39 is 6.10 Å². The van der Waals surface area contributed by atoms with Gasteiger partial charge in [0.05, 0.1) is 24.0 Å². The van der Waals surface area contributed by atoms with E-state index in [1.165, 1.54) is 4.90 Å². The Morgan fingerprint density at radius 3 is 2.21 bits per heavy atom. The summed E-state index contributed by atoms with van der Waals surface area (Å²) in [5.41, 5.74) is 4.00. The summed E-state index contributed by atoms with van der Waals surface area (Å²) in [5, 5.41) is 18.9. The molecule has 1 amide bonds. The smallest absolute Gasteiger partial charge is 0.253 e. The van der Waals surface area contributed by atoms with E-state index in [2.05, 4.69) is 24.0 Å². The fourth-order valence-corrected chi connectivity index (χ4v) is 2.93. The van der Waals surface area contributed by atoms with Gasteiger partial charge in [-0.05, 0) is 35.7 Å². The van der Waals surface area contributed by atoms with Gasteiger partial charge in [0.2, 0.25) is 0 Å². The molecule has 5 nitrogen and oxygen atoms in total. The van der Waals surface area contributed by atoms with E-state index in [1.54, 1.807) is 19.2 Å². The summed E-state index contributed by atoms with van der Waals surface area (Å²) in [6.07, 6.45) is -0.718. The minimum absolute atomic E-state index is 0.136. The van der Waals surface area contributed by atoms with Crippen LogP contribution in [0.5, 0.6) is 0 Å². The Kier molecular flexibility index (Phi) is 6.16. The molecule has 0 saturated heterocycles. The van der Waals surface area contributed by atoms with E-state index in [0.717, 1.165) is 22.5 Å². The minimum Gasteiger partial charge on any atom is -0.387 e. The zero-order valence-corrected chi connectivity index (χ0v) is 16.4. The Bertz CT molecular complexity index is 907. The Morgan fingerprint density at radius 1 is 0.964 bits per heavy atom. The molecule has 0 unspecified atom stereocenters. The Labute approximate surface area is 165 Å². The average Bonchev–Trinajstić information content (AvgIpc) is 2.74. The molecule has 0 aliphatic carbocycles. The van der Waals surface area contributed by atoms with Crippen LogP contribution < -0.4 is 0 Å². The van der Waals surface area contributed by atoms with E-state index in [9.17, 15) is 9.90 Å². The van der Waals surface area contributed by atoms with Gasteiger partial charge in [-0.25, -0.2) is 0 Å². The van der Waals surface area contributed by atoms with Gasteiger partial charge in [0.1, 0.15) is 0 Å². The first-order valence-corrected chi connectivity index (χ1v) is 9.38. The van der Waals surface area contributed by atoms with Crippen molar-refractivity contribution in [3.05, 3.63) is 83.6 Å². The molecule has 5 heteroatoms. The lowest BCUT2D eigenvalue weighted by atomic mass is 10.1. The lowest BCUT2D eigenvalue weighted by Gasteiger charge is -2.21. The first kappa shape index (κ1) is 19.7. The fraction of sp³-hybridized carbons (Fsp3) is 0.261. The van der Waals surface area contributed by atoms with Crippen molar-refractivity contribution in [3.8, 4) is 11.3 Å². The Morgan fingerprint density at radius 2 is 1.64 bits per heavy atom. The number of carbonyl (C=O) groups is 1. The second kappa shape index (κ2) is 8.76. The van der Waals surface area contributed by atoms with Gasteiger partial charge >= 0.3 is 0 Å². The Hall–Kier alpha value is -3.05. The molecule has 1 atom stereocenters. The molecule has 0 saturated carbocycles. The molecule has 144 valence electrons. The largest absolute Gasteiger partial charge is 0.387 e. The lowest BCUT2D eigenvalue weighted by molar-refractivity contribution is 0.0681. The third-order valence-electron chi connectivity index (χ3n) is 4.68. The molecule has 28 heavy (non-hydrogen) atoms. The normalized spacial score (nSPS) is 12.0. The highest BCUT2D eigenvalue weighted by Gasteiger charge is 2.17. The van der Waals surface area contributed by atoms with Gasteiger partial charge in [0, 0.05) is 18.2 Å². The van der Waals surface area contributed by atoms with Gasteiger partial charge in [-0.2, -0.15) is 10.2 Å². The number of aliphatic hydroxyl groups excluding tert-OH is 1. The molecule has 0 spiro atoms. The third kappa shape index (κ3) is 4.61. The molecular weight excluding hydrogens is 350 g/mol. The number of aromatic nitrogens is 2. The first-order chi connectivity index (χ1) is 13.5. The minimum atomic E-state index is -0.718. The van der Waals surface area contributed by atoms with Crippen molar-refractivity contribution in [2.45, 2.75) is 25.9 Å². The molecule has 1 heterocycles. The molecule has 0 aliphatic rings. The number of nitrogens with zero attached hydrogens (tertiary/aromatic N) is 3. The van der Waals surface area contributed by atoms with Crippen LogP contribution in [0.3, 0.4) is 0 Å². The van der Waals surface area contributed by atoms with Crippen LogP contribution in [-0.4, -0.2) is 39.7 Å². The summed E-state index contributed by atoms with van der Waals surface area (Å²) in [7, 11) is 1.69. The SMILES string of the molecule is CC(C)c1ccc(-c2ccc(C(=O)N(C)C[C@H](O)c3ccccc3)cc2)nn1. The third-order valence-corrected chi connectivity index (χ3v) is 4.68. The number of likely N-dealkylation sites (N-methyl/N-ethyl adjacent to an activating group) is 1. The molecule has 1 aromatic heterocycles. The predicted octanol–water partition coefficient (Wildman–Crippen LogP) is 4.07. The van der Waals surface area contributed by atoms with Crippen LogP contribution in [0.4, 0.5) is 0 Å². The van der Waals surface area contributed by atoms with Crippen LogP contribution in [-0.2, 0) is 0 Å². The molecule has 0 fully saturated rings. The van der Waals surface area contributed by atoms with Crippen molar-refractivity contribution < 1.29 is 9.90 Å². The number of hydrogen-bond acceptors (Lipinski definition) is 4. The topological polar surface area (TPSA) is 66.3 Å². The summed E-state index contributed by atoms with van der Waals surface area (Å²) in [5.74, 6) is 0.200.